The lowest BCUT2D eigenvalue weighted by atomic mass is 10.2. The van der Waals surface area contributed by atoms with Crippen molar-refractivity contribution in [3.63, 3.8) is 0 Å². The maximum Gasteiger partial charge on any atom is 0.231 e. The van der Waals surface area contributed by atoms with Crippen LogP contribution in [0.3, 0.4) is 0 Å². The van der Waals surface area contributed by atoms with Gasteiger partial charge in [0.05, 0.1) is 11.2 Å². The first-order chi connectivity index (χ1) is 8.70. The summed E-state index contributed by atoms with van der Waals surface area (Å²) in [5.41, 5.74) is 3.50. The fraction of sp³-hybridized carbons (Fsp3) is 0.273. The van der Waals surface area contributed by atoms with E-state index in [2.05, 4.69) is 15.8 Å². The monoisotopic (exact) mass is 285 g/mol. The van der Waals surface area contributed by atoms with Crippen LogP contribution in [0.15, 0.2) is 17.2 Å². The van der Waals surface area contributed by atoms with Gasteiger partial charge in [0.15, 0.2) is 16.6 Å². The van der Waals surface area contributed by atoms with Crippen LogP contribution in [0, 0.1) is 0 Å². The molecule has 1 heterocycles. The molecule has 0 aromatic heterocycles. The van der Waals surface area contributed by atoms with Crippen molar-refractivity contribution in [3.05, 3.63) is 22.7 Å². The summed E-state index contributed by atoms with van der Waals surface area (Å²) in [6.07, 6.45) is 1.61. The number of halogens is 1. The molecule has 96 valence electrons. The van der Waals surface area contributed by atoms with Crippen molar-refractivity contribution in [2.75, 3.05) is 13.3 Å². The molecule has 0 saturated carbocycles. The number of nitrogens with one attached hydrogen (secondary N) is 2. The fourth-order valence-electron chi connectivity index (χ4n) is 1.43. The molecule has 1 aromatic rings. The van der Waals surface area contributed by atoms with Gasteiger partial charge in [-0.2, -0.15) is 5.10 Å². The van der Waals surface area contributed by atoms with E-state index in [1.165, 1.54) is 0 Å². The number of rotatable bonds is 3. The van der Waals surface area contributed by atoms with Crippen LogP contribution in [-0.4, -0.2) is 24.7 Å². The van der Waals surface area contributed by atoms with Crippen molar-refractivity contribution in [1.82, 2.24) is 10.7 Å². The van der Waals surface area contributed by atoms with Gasteiger partial charge in [0.2, 0.25) is 6.79 Å². The zero-order valence-corrected chi connectivity index (χ0v) is 11.3. The summed E-state index contributed by atoms with van der Waals surface area (Å²) in [5.74, 6) is 1.20. The number of ether oxygens (including phenoxy) is 2. The first-order valence-corrected chi connectivity index (χ1v) is 6.15. The minimum Gasteiger partial charge on any atom is -0.454 e. The molecule has 1 aliphatic heterocycles. The molecule has 2 rings (SSSR count). The topological polar surface area (TPSA) is 54.9 Å². The number of benzene rings is 1. The van der Waals surface area contributed by atoms with Crippen LogP contribution < -0.4 is 20.2 Å². The van der Waals surface area contributed by atoms with Crippen molar-refractivity contribution in [1.29, 1.82) is 0 Å². The van der Waals surface area contributed by atoms with E-state index < -0.39 is 0 Å². The quantitative estimate of drug-likeness (QED) is 0.505. The fourth-order valence-corrected chi connectivity index (χ4v) is 1.90. The van der Waals surface area contributed by atoms with E-state index in [4.69, 9.17) is 33.3 Å². The van der Waals surface area contributed by atoms with Gasteiger partial charge >= 0.3 is 0 Å². The molecule has 0 saturated heterocycles. The highest BCUT2D eigenvalue weighted by molar-refractivity contribution is 7.80. The normalized spacial score (nSPS) is 12.8. The molecule has 0 atom stereocenters. The largest absolute Gasteiger partial charge is 0.454 e. The summed E-state index contributed by atoms with van der Waals surface area (Å²) in [6.45, 7) is 2.89. The van der Waals surface area contributed by atoms with Crippen LogP contribution in [0.5, 0.6) is 11.5 Å². The SMILES string of the molecule is CCNC(=S)N/N=C\c1cc(Cl)c2c(c1)OCO2. The third kappa shape index (κ3) is 3.02. The summed E-state index contributed by atoms with van der Waals surface area (Å²) in [6, 6.07) is 3.55. The van der Waals surface area contributed by atoms with Crippen molar-refractivity contribution >= 4 is 35.1 Å². The molecular weight excluding hydrogens is 274 g/mol. The first-order valence-electron chi connectivity index (χ1n) is 5.36. The van der Waals surface area contributed by atoms with Crippen LogP contribution >= 0.6 is 23.8 Å². The van der Waals surface area contributed by atoms with Crippen molar-refractivity contribution in [3.8, 4) is 11.5 Å². The van der Waals surface area contributed by atoms with Gasteiger partial charge in [-0.05, 0) is 36.8 Å². The van der Waals surface area contributed by atoms with E-state index in [9.17, 15) is 0 Å². The predicted octanol–water partition coefficient (Wildman–Crippen LogP) is 1.89. The number of fused-ring (bicyclic) bond motifs is 1. The van der Waals surface area contributed by atoms with Gasteiger partial charge in [0.1, 0.15) is 0 Å². The Balaban J connectivity index is 2.04. The summed E-state index contributed by atoms with van der Waals surface area (Å²) < 4.78 is 10.5. The number of hydrazone groups is 1. The first kappa shape index (κ1) is 12.9. The zero-order valence-electron chi connectivity index (χ0n) is 9.70. The van der Waals surface area contributed by atoms with Crippen LogP contribution in [0.1, 0.15) is 12.5 Å². The molecule has 0 bridgehead atoms. The van der Waals surface area contributed by atoms with Gasteiger partial charge in [-0.1, -0.05) is 11.6 Å². The molecule has 0 radical (unpaired) electrons. The van der Waals surface area contributed by atoms with Gasteiger partial charge < -0.3 is 14.8 Å². The number of hydrogen-bond donors (Lipinski definition) is 2. The second-order valence-corrected chi connectivity index (χ2v) is 4.28. The number of hydrogen-bond acceptors (Lipinski definition) is 4. The molecule has 7 heteroatoms. The molecule has 0 fully saturated rings. The van der Waals surface area contributed by atoms with Crippen molar-refractivity contribution in [2.45, 2.75) is 6.92 Å². The molecule has 1 aliphatic rings. The smallest absolute Gasteiger partial charge is 0.231 e. The summed E-state index contributed by atoms with van der Waals surface area (Å²) in [7, 11) is 0. The van der Waals surface area contributed by atoms with Crippen LogP contribution in [0.2, 0.25) is 5.02 Å². The molecule has 2 N–H and O–H groups in total. The molecule has 0 amide bonds. The standard InChI is InChI=1S/C11H12ClN3O2S/c1-2-13-11(18)15-14-5-7-3-8(12)10-9(4-7)16-6-17-10/h3-5H,2,6H2,1H3,(H2,13,15,18)/b14-5-. The maximum absolute atomic E-state index is 6.04. The molecular formula is C11H12ClN3O2S. The third-order valence-electron chi connectivity index (χ3n) is 2.17. The number of thiocarbonyl (C=S) groups is 1. The Kier molecular flexibility index (Phi) is 4.22. The molecule has 0 aliphatic carbocycles. The Morgan fingerprint density at radius 2 is 2.39 bits per heavy atom. The van der Waals surface area contributed by atoms with E-state index in [-0.39, 0.29) is 6.79 Å². The lowest BCUT2D eigenvalue weighted by Crippen LogP contribution is -2.31. The second-order valence-electron chi connectivity index (χ2n) is 3.47. The Bertz CT molecular complexity index is 493. The van der Waals surface area contributed by atoms with E-state index in [1.807, 2.05) is 6.92 Å². The minimum absolute atomic E-state index is 0.193. The van der Waals surface area contributed by atoms with E-state index in [1.54, 1.807) is 18.3 Å². The molecule has 0 spiro atoms. The lowest BCUT2D eigenvalue weighted by molar-refractivity contribution is 0.174. The molecule has 0 unspecified atom stereocenters. The average Bonchev–Trinajstić information content (AvgIpc) is 2.78. The number of nitrogens with zero attached hydrogens (tertiary/aromatic N) is 1. The Morgan fingerprint density at radius 3 is 3.17 bits per heavy atom. The summed E-state index contributed by atoms with van der Waals surface area (Å²) >= 11 is 11.0. The van der Waals surface area contributed by atoms with Crippen LogP contribution in [0.25, 0.3) is 0 Å². The van der Waals surface area contributed by atoms with Crippen molar-refractivity contribution in [2.24, 2.45) is 5.10 Å². The van der Waals surface area contributed by atoms with Crippen LogP contribution in [-0.2, 0) is 0 Å². The van der Waals surface area contributed by atoms with Gasteiger partial charge in [0.25, 0.3) is 0 Å². The highest BCUT2D eigenvalue weighted by Crippen LogP contribution is 2.39. The molecule has 18 heavy (non-hydrogen) atoms. The van der Waals surface area contributed by atoms with Gasteiger partial charge in [-0.15, -0.1) is 0 Å². The van der Waals surface area contributed by atoms with Crippen LogP contribution in [0.4, 0.5) is 0 Å². The average molecular weight is 286 g/mol. The summed E-state index contributed by atoms with van der Waals surface area (Å²) in [5, 5.41) is 7.89. The highest BCUT2D eigenvalue weighted by Gasteiger charge is 2.17. The predicted molar refractivity (Wildman–Crippen MR) is 74.6 cm³/mol. The van der Waals surface area contributed by atoms with E-state index >= 15 is 0 Å². The molecule has 5 nitrogen and oxygen atoms in total. The molecule has 1 aromatic carbocycles. The van der Waals surface area contributed by atoms with E-state index in [0.717, 1.165) is 12.1 Å². The zero-order chi connectivity index (χ0) is 13.0. The maximum atomic E-state index is 6.04. The summed E-state index contributed by atoms with van der Waals surface area (Å²) in [4.78, 5) is 0. The van der Waals surface area contributed by atoms with Gasteiger partial charge in [-0.25, -0.2) is 0 Å². The third-order valence-corrected chi connectivity index (χ3v) is 2.68. The van der Waals surface area contributed by atoms with Gasteiger partial charge in [0, 0.05) is 6.54 Å². The van der Waals surface area contributed by atoms with Gasteiger partial charge in [-0.3, -0.25) is 5.43 Å². The Hall–Kier alpha value is -1.53. The van der Waals surface area contributed by atoms with Crippen molar-refractivity contribution < 1.29 is 9.47 Å². The van der Waals surface area contributed by atoms with E-state index in [0.29, 0.717) is 21.6 Å². The Morgan fingerprint density at radius 1 is 1.56 bits per heavy atom. The second kappa shape index (κ2) is 5.88. The minimum atomic E-state index is 0.193. The lowest BCUT2D eigenvalue weighted by Gasteiger charge is -2.03. The Labute approximate surface area is 115 Å². The highest BCUT2D eigenvalue weighted by atomic mass is 35.5.